The van der Waals surface area contributed by atoms with Crippen molar-refractivity contribution in [2.75, 3.05) is 0 Å². The molecule has 1 rings (SSSR count). The van der Waals surface area contributed by atoms with Gasteiger partial charge in [-0.2, -0.15) is 0 Å². The Bertz CT molecular complexity index is 640. The number of carbonyl (C=O) groups is 1. The highest BCUT2D eigenvalue weighted by Crippen LogP contribution is 2.27. The number of benzene rings is 1. The lowest BCUT2D eigenvalue weighted by molar-refractivity contribution is -0.138. The number of halogens is 2. The van der Waals surface area contributed by atoms with Gasteiger partial charge in [-0.25, -0.2) is 17.5 Å². The second-order valence-corrected chi connectivity index (χ2v) is 7.80. The molecule has 1 aromatic rings. The van der Waals surface area contributed by atoms with Gasteiger partial charge in [0, 0.05) is 6.04 Å². The summed E-state index contributed by atoms with van der Waals surface area (Å²) in [7, 11) is -4.13. The van der Waals surface area contributed by atoms with E-state index >= 15 is 0 Å². The number of carboxylic acid groups (broad SMARTS) is 1. The Morgan fingerprint density at radius 2 is 2.00 bits per heavy atom. The Hall–Kier alpha value is -1.18. The van der Waals surface area contributed by atoms with Gasteiger partial charge in [-0.3, -0.25) is 4.79 Å². The standard InChI is InChI=1S/C13H17ClFNO4S/c1-13(2,3)11(7-12(17)18)16-21(19,20)10-6-8(15)4-5-9(10)14/h4-6,11,16H,7H2,1-3H3,(H,17,18)/t11-/m1/s1. The van der Waals surface area contributed by atoms with Gasteiger partial charge >= 0.3 is 5.97 Å². The first-order chi connectivity index (χ1) is 9.43. The van der Waals surface area contributed by atoms with E-state index in [4.69, 9.17) is 16.7 Å². The molecule has 5 nitrogen and oxygen atoms in total. The van der Waals surface area contributed by atoms with E-state index in [0.29, 0.717) is 0 Å². The van der Waals surface area contributed by atoms with Gasteiger partial charge in [-0.1, -0.05) is 32.4 Å². The quantitative estimate of drug-likeness (QED) is 0.865. The number of hydrogen-bond acceptors (Lipinski definition) is 3. The van der Waals surface area contributed by atoms with Crippen LogP contribution in [0.3, 0.4) is 0 Å². The van der Waals surface area contributed by atoms with Crippen molar-refractivity contribution in [3.8, 4) is 0 Å². The number of hydrogen-bond donors (Lipinski definition) is 2. The zero-order chi connectivity index (χ0) is 16.4. The molecule has 0 aliphatic carbocycles. The normalized spacial score (nSPS) is 14.0. The molecular weight excluding hydrogens is 321 g/mol. The topological polar surface area (TPSA) is 83.5 Å². The summed E-state index contributed by atoms with van der Waals surface area (Å²) in [6.07, 6.45) is -0.393. The third kappa shape index (κ3) is 4.94. The molecule has 0 aliphatic rings. The van der Waals surface area contributed by atoms with Crippen LogP contribution in [-0.4, -0.2) is 25.5 Å². The zero-order valence-corrected chi connectivity index (χ0v) is 13.4. The minimum absolute atomic E-state index is 0.133. The molecule has 0 saturated carbocycles. The fourth-order valence-electron chi connectivity index (χ4n) is 1.63. The molecule has 0 bridgehead atoms. The Kier molecular flexibility index (Phi) is 5.35. The van der Waals surface area contributed by atoms with Gasteiger partial charge in [-0.15, -0.1) is 0 Å². The van der Waals surface area contributed by atoms with Crippen molar-refractivity contribution < 1.29 is 22.7 Å². The molecule has 21 heavy (non-hydrogen) atoms. The molecule has 2 N–H and O–H groups in total. The summed E-state index contributed by atoms with van der Waals surface area (Å²) in [6, 6.07) is 2.11. The number of rotatable bonds is 5. The lowest BCUT2D eigenvalue weighted by Gasteiger charge is -2.30. The first-order valence-corrected chi connectivity index (χ1v) is 7.99. The molecule has 0 aromatic heterocycles. The van der Waals surface area contributed by atoms with Crippen LogP contribution in [0.4, 0.5) is 4.39 Å². The van der Waals surface area contributed by atoms with Crippen LogP contribution in [0.2, 0.25) is 5.02 Å². The van der Waals surface area contributed by atoms with E-state index in [0.717, 1.165) is 18.2 Å². The molecule has 0 heterocycles. The lowest BCUT2D eigenvalue weighted by atomic mass is 9.85. The molecule has 1 atom stereocenters. The second-order valence-electron chi connectivity index (χ2n) is 5.71. The molecule has 0 unspecified atom stereocenters. The molecular formula is C13H17ClFNO4S. The highest BCUT2D eigenvalue weighted by molar-refractivity contribution is 7.89. The molecule has 1 aromatic carbocycles. The van der Waals surface area contributed by atoms with E-state index in [1.165, 1.54) is 0 Å². The lowest BCUT2D eigenvalue weighted by Crippen LogP contribution is -2.45. The summed E-state index contributed by atoms with van der Waals surface area (Å²) < 4.78 is 40.1. The Morgan fingerprint density at radius 1 is 1.43 bits per heavy atom. The van der Waals surface area contributed by atoms with Crippen molar-refractivity contribution in [3.63, 3.8) is 0 Å². The van der Waals surface area contributed by atoms with Gasteiger partial charge in [-0.05, 0) is 23.6 Å². The maximum Gasteiger partial charge on any atom is 0.304 e. The molecule has 0 amide bonds. The second kappa shape index (κ2) is 6.29. The van der Waals surface area contributed by atoms with Crippen LogP contribution < -0.4 is 4.72 Å². The molecule has 118 valence electrons. The Labute approximate surface area is 128 Å². The van der Waals surface area contributed by atoms with Gasteiger partial charge in [0.25, 0.3) is 0 Å². The molecule has 0 radical (unpaired) electrons. The van der Waals surface area contributed by atoms with Gasteiger partial charge in [0.15, 0.2) is 0 Å². The molecule has 0 aliphatic heterocycles. The van der Waals surface area contributed by atoms with E-state index in [2.05, 4.69) is 4.72 Å². The maximum absolute atomic E-state index is 13.2. The first kappa shape index (κ1) is 17.9. The average molecular weight is 338 g/mol. The average Bonchev–Trinajstić information content (AvgIpc) is 2.29. The molecule has 0 fully saturated rings. The minimum Gasteiger partial charge on any atom is -0.481 e. The van der Waals surface area contributed by atoms with Crippen LogP contribution in [0.15, 0.2) is 23.1 Å². The Balaban J connectivity index is 3.17. The predicted octanol–water partition coefficient (Wildman–Crippen LogP) is 2.65. The van der Waals surface area contributed by atoms with E-state index in [1.54, 1.807) is 20.8 Å². The summed E-state index contributed by atoms with van der Waals surface area (Å²) >= 11 is 5.78. The zero-order valence-electron chi connectivity index (χ0n) is 11.9. The smallest absolute Gasteiger partial charge is 0.304 e. The molecule has 8 heteroatoms. The largest absolute Gasteiger partial charge is 0.481 e. The van der Waals surface area contributed by atoms with Crippen LogP contribution in [0, 0.1) is 11.2 Å². The number of sulfonamides is 1. The first-order valence-electron chi connectivity index (χ1n) is 6.12. The fraction of sp³-hybridized carbons (Fsp3) is 0.462. The summed E-state index contributed by atoms with van der Waals surface area (Å²) in [4.78, 5) is 10.5. The van der Waals surface area contributed by atoms with Crippen LogP contribution in [0.25, 0.3) is 0 Å². The maximum atomic E-state index is 13.2. The van der Waals surface area contributed by atoms with Gasteiger partial charge in [0.1, 0.15) is 10.7 Å². The summed E-state index contributed by atoms with van der Waals surface area (Å²) in [5, 5.41) is 8.76. The fourth-order valence-corrected chi connectivity index (χ4v) is 3.59. The van der Waals surface area contributed by atoms with E-state index in [1.807, 2.05) is 0 Å². The van der Waals surface area contributed by atoms with Crippen molar-refractivity contribution >= 4 is 27.6 Å². The van der Waals surface area contributed by atoms with Crippen LogP contribution in [-0.2, 0) is 14.8 Å². The molecule has 0 spiro atoms. The number of nitrogens with one attached hydrogen (secondary N) is 1. The highest BCUT2D eigenvalue weighted by Gasteiger charge is 2.32. The van der Waals surface area contributed by atoms with E-state index < -0.39 is 44.6 Å². The number of carboxylic acids is 1. The number of aliphatic carboxylic acids is 1. The summed E-state index contributed by atoms with van der Waals surface area (Å²) in [6.45, 7) is 5.11. The Morgan fingerprint density at radius 3 is 2.48 bits per heavy atom. The van der Waals surface area contributed by atoms with Crippen molar-refractivity contribution in [2.24, 2.45) is 5.41 Å². The van der Waals surface area contributed by atoms with Crippen LogP contribution >= 0.6 is 11.6 Å². The predicted molar refractivity (Wildman–Crippen MR) is 77.2 cm³/mol. The third-order valence-electron chi connectivity index (χ3n) is 2.90. The van der Waals surface area contributed by atoms with Crippen molar-refractivity contribution in [1.82, 2.24) is 4.72 Å². The van der Waals surface area contributed by atoms with Crippen LogP contribution in [0.5, 0.6) is 0 Å². The van der Waals surface area contributed by atoms with Gasteiger partial charge in [0.2, 0.25) is 10.0 Å². The van der Waals surface area contributed by atoms with Crippen molar-refractivity contribution in [3.05, 3.63) is 29.0 Å². The van der Waals surface area contributed by atoms with Crippen molar-refractivity contribution in [1.29, 1.82) is 0 Å². The third-order valence-corrected chi connectivity index (χ3v) is 4.86. The van der Waals surface area contributed by atoms with Crippen molar-refractivity contribution in [2.45, 2.75) is 38.1 Å². The van der Waals surface area contributed by atoms with Gasteiger partial charge in [0.05, 0.1) is 11.4 Å². The molecule has 0 saturated heterocycles. The van der Waals surface area contributed by atoms with E-state index in [9.17, 15) is 17.6 Å². The van der Waals surface area contributed by atoms with E-state index in [-0.39, 0.29) is 5.02 Å². The van der Waals surface area contributed by atoms with Gasteiger partial charge < -0.3 is 5.11 Å². The monoisotopic (exact) mass is 337 g/mol. The summed E-state index contributed by atoms with van der Waals surface area (Å²) in [5.74, 6) is -1.88. The minimum atomic E-state index is -4.13. The highest BCUT2D eigenvalue weighted by atomic mass is 35.5. The van der Waals surface area contributed by atoms with Crippen LogP contribution in [0.1, 0.15) is 27.2 Å². The SMILES string of the molecule is CC(C)(C)[C@@H](CC(=O)O)NS(=O)(=O)c1cc(F)ccc1Cl. The summed E-state index contributed by atoms with van der Waals surface area (Å²) in [5.41, 5.74) is -0.634.